The van der Waals surface area contributed by atoms with Crippen molar-refractivity contribution in [1.29, 1.82) is 0 Å². The lowest BCUT2D eigenvalue weighted by atomic mass is 9.97. The third-order valence-electron chi connectivity index (χ3n) is 5.99. The molecule has 0 aliphatic carbocycles. The molecule has 0 aliphatic heterocycles. The number of nitrogens with zero attached hydrogens (tertiary/aromatic N) is 1. The fourth-order valence-electron chi connectivity index (χ4n) is 4.11. The molecule has 0 saturated heterocycles. The van der Waals surface area contributed by atoms with Gasteiger partial charge in [0.1, 0.15) is 11.5 Å². The van der Waals surface area contributed by atoms with Gasteiger partial charge >= 0.3 is 0 Å². The van der Waals surface area contributed by atoms with E-state index in [1.165, 1.54) is 0 Å². The second-order valence-corrected chi connectivity index (χ2v) is 8.49. The van der Waals surface area contributed by atoms with Crippen LogP contribution < -0.4 is 10.1 Å². The fraction of sp³-hybridized carbons (Fsp3) is 0.207. The van der Waals surface area contributed by atoms with Crippen molar-refractivity contribution in [2.24, 2.45) is 0 Å². The number of ether oxygens (including phenoxy) is 1. The summed E-state index contributed by atoms with van der Waals surface area (Å²) in [6.45, 7) is 3.85. The quantitative estimate of drug-likeness (QED) is 0.218. The lowest BCUT2D eigenvalue weighted by Gasteiger charge is -2.17. The number of hydrogen-bond donors (Lipinski definition) is 2. The number of methoxy groups -OCH3 is 1. The van der Waals surface area contributed by atoms with Crippen LogP contribution in [0.2, 0.25) is 0 Å². The smallest absolute Gasteiger partial charge is 0.167 e. The number of aryl methyl sites for hydroxylation is 1. The minimum Gasteiger partial charge on any atom is -0.508 e. The molecule has 0 bridgehead atoms. The summed E-state index contributed by atoms with van der Waals surface area (Å²) in [5.74, 6) is 0.838. The molecule has 4 rings (SSSR count). The molecule has 0 aliphatic rings. The lowest BCUT2D eigenvalue weighted by Crippen LogP contribution is -2.08. The van der Waals surface area contributed by atoms with E-state index in [0.29, 0.717) is 34.5 Å². The number of benzene rings is 3. The number of Topliss-reactive ketones (excluding diaryl/α,β-unsaturated/α-hetero) is 2. The topological polar surface area (TPSA) is 88.5 Å². The Morgan fingerprint density at radius 1 is 1.03 bits per heavy atom. The van der Waals surface area contributed by atoms with Crippen LogP contribution in [0, 0.1) is 6.92 Å². The molecule has 2 N–H and O–H groups in total. The van der Waals surface area contributed by atoms with Gasteiger partial charge in [0.25, 0.3) is 0 Å². The number of hydrogen-bond acceptors (Lipinski definition) is 6. The second kappa shape index (κ2) is 10.4. The van der Waals surface area contributed by atoms with Crippen LogP contribution in [0.5, 0.6) is 11.5 Å². The number of aromatic hydroxyl groups is 1. The zero-order chi connectivity index (χ0) is 24.9. The van der Waals surface area contributed by atoms with Gasteiger partial charge in [0.15, 0.2) is 11.6 Å². The molecule has 35 heavy (non-hydrogen) atoms. The fourth-order valence-corrected chi connectivity index (χ4v) is 4.11. The monoisotopic (exact) mass is 468 g/mol. The first kappa shape index (κ1) is 24.0. The Balaban J connectivity index is 1.78. The molecule has 0 saturated carbocycles. The van der Waals surface area contributed by atoms with E-state index in [1.54, 1.807) is 55.8 Å². The minimum absolute atomic E-state index is 0.000503. The first-order valence-electron chi connectivity index (χ1n) is 11.6. The molecule has 6 nitrogen and oxygen atoms in total. The van der Waals surface area contributed by atoms with Gasteiger partial charge in [-0.1, -0.05) is 25.1 Å². The first-order chi connectivity index (χ1) is 16.9. The van der Waals surface area contributed by atoms with Crippen molar-refractivity contribution in [1.82, 2.24) is 4.98 Å². The van der Waals surface area contributed by atoms with E-state index in [0.717, 1.165) is 28.6 Å². The standard InChI is InChI=1S/C29H28N2O4/c1-4-6-26(33)24-17-30-28-20(16-27(34)19-9-12-22(35-3)13-10-19)7-5-8-23(28)29(24)31-25-14-11-21(32)15-18(25)2/h5,7-15,17,32H,4,6,16H2,1-3H3,(H,30,31). The van der Waals surface area contributed by atoms with Crippen LogP contribution in [0.1, 0.15) is 51.6 Å². The normalized spacial score (nSPS) is 10.8. The maximum atomic E-state index is 13.0. The number of anilines is 2. The van der Waals surface area contributed by atoms with Gasteiger partial charge in [0, 0.05) is 35.7 Å². The molecular formula is C29H28N2O4. The minimum atomic E-state index is -0.0306. The number of carbonyl (C=O) groups is 2. The molecule has 1 aromatic heterocycles. The summed E-state index contributed by atoms with van der Waals surface area (Å²) in [6.07, 6.45) is 2.91. The third-order valence-corrected chi connectivity index (χ3v) is 5.99. The molecule has 0 spiro atoms. The van der Waals surface area contributed by atoms with Crippen molar-refractivity contribution in [2.75, 3.05) is 12.4 Å². The van der Waals surface area contributed by atoms with Crippen LogP contribution in [-0.4, -0.2) is 28.8 Å². The van der Waals surface area contributed by atoms with Crippen molar-refractivity contribution >= 4 is 33.8 Å². The Morgan fingerprint density at radius 3 is 2.49 bits per heavy atom. The maximum absolute atomic E-state index is 13.0. The van der Waals surface area contributed by atoms with Crippen molar-refractivity contribution in [3.05, 3.63) is 89.1 Å². The summed E-state index contributed by atoms with van der Waals surface area (Å²) >= 11 is 0. The molecular weight excluding hydrogens is 440 g/mol. The van der Waals surface area contributed by atoms with Crippen LogP contribution in [-0.2, 0) is 6.42 Å². The molecule has 0 fully saturated rings. The van der Waals surface area contributed by atoms with Crippen LogP contribution in [0.25, 0.3) is 10.9 Å². The van der Waals surface area contributed by atoms with E-state index in [4.69, 9.17) is 4.74 Å². The van der Waals surface area contributed by atoms with E-state index < -0.39 is 0 Å². The Kier molecular flexibility index (Phi) is 7.11. The first-order valence-corrected chi connectivity index (χ1v) is 11.6. The summed E-state index contributed by atoms with van der Waals surface area (Å²) in [5, 5.41) is 14.0. The number of ketones is 2. The van der Waals surface area contributed by atoms with Gasteiger partial charge in [-0.3, -0.25) is 14.6 Å². The molecule has 178 valence electrons. The number of phenolic OH excluding ortho intramolecular Hbond substituents is 1. The van der Waals surface area contributed by atoms with Gasteiger partial charge in [0.2, 0.25) is 0 Å². The average molecular weight is 469 g/mol. The average Bonchev–Trinajstić information content (AvgIpc) is 2.86. The van der Waals surface area contributed by atoms with Gasteiger partial charge in [-0.25, -0.2) is 0 Å². The zero-order valence-electron chi connectivity index (χ0n) is 20.1. The number of pyridine rings is 1. The van der Waals surface area contributed by atoms with Gasteiger partial charge in [-0.05, 0) is 66.9 Å². The number of carbonyl (C=O) groups excluding carboxylic acids is 2. The number of para-hydroxylation sites is 1. The zero-order valence-corrected chi connectivity index (χ0v) is 20.1. The van der Waals surface area contributed by atoms with Gasteiger partial charge in [0.05, 0.1) is 23.9 Å². The summed E-state index contributed by atoms with van der Waals surface area (Å²) in [6, 6.07) is 17.8. The molecule has 6 heteroatoms. The molecule has 1 heterocycles. The van der Waals surface area contributed by atoms with E-state index in [-0.39, 0.29) is 23.7 Å². The van der Waals surface area contributed by atoms with Crippen molar-refractivity contribution in [2.45, 2.75) is 33.1 Å². The highest BCUT2D eigenvalue weighted by atomic mass is 16.5. The highest BCUT2D eigenvalue weighted by Gasteiger charge is 2.19. The van der Waals surface area contributed by atoms with E-state index in [1.807, 2.05) is 32.0 Å². The van der Waals surface area contributed by atoms with Crippen molar-refractivity contribution in [3.8, 4) is 11.5 Å². The summed E-state index contributed by atoms with van der Waals surface area (Å²) < 4.78 is 5.18. The lowest BCUT2D eigenvalue weighted by molar-refractivity contribution is 0.0977. The number of rotatable bonds is 9. The highest BCUT2D eigenvalue weighted by molar-refractivity contribution is 6.10. The Hall–Kier alpha value is -4.19. The van der Waals surface area contributed by atoms with Crippen molar-refractivity contribution < 1.29 is 19.4 Å². The molecule has 4 aromatic rings. The summed E-state index contributed by atoms with van der Waals surface area (Å²) in [4.78, 5) is 30.6. The van der Waals surface area contributed by atoms with E-state index >= 15 is 0 Å². The Morgan fingerprint density at radius 2 is 1.80 bits per heavy atom. The highest BCUT2D eigenvalue weighted by Crippen LogP contribution is 2.34. The Labute approximate surface area is 204 Å². The Bertz CT molecular complexity index is 1390. The summed E-state index contributed by atoms with van der Waals surface area (Å²) in [7, 11) is 1.59. The summed E-state index contributed by atoms with van der Waals surface area (Å²) in [5.41, 5.74) is 4.82. The van der Waals surface area contributed by atoms with Gasteiger partial charge in [-0.15, -0.1) is 0 Å². The molecule has 0 amide bonds. The molecule has 0 radical (unpaired) electrons. The van der Waals surface area contributed by atoms with Crippen LogP contribution >= 0.6 is 0 Å². The van der Waals surface area contributed by atoms with Crippen LogP contribution in [0.4, 0.5) is 11.4 Å². The van der Waals surface area contributed by atoms with E-state index in [9.17, 15) is 14.7 Å². The van der Waals surface area contributed by atoms with Gasteiger partial charge < -0.3 is 15.2 Å². The van der Waals surface area contributed by atoms with Crippen LogP contribution in [0.15, 0.2) is 66.9 Å². The number of aromatic nitrogens is 1. The molecule has 3 aromatic carbocycles. The number of phenols is 1. The molecule has 0 unspecified atom stereocenters. The maximum Gasteiger partial charge on any atom is 0.167 e. The van der Waals surface area contributed by atoms with Gasteiger partial charge in [-0.2, -0.15) is 0 Å². The SMILES string of the molecule is CCCC(=O)c1cnc2c(CC(=O)c3ccc(OC)cc3)cccc2c1Nc1ccc(O)cc1C. The van der Waals surface area contributed by atoms with Crippen molar-refractivity contribution in [3.63, 3.8) is 0 Å². The van der Waals surface area contributed by atoms with Crippen LogP contribution in [0.3, 0.4) is 0 Å². The molecule has 0 atom stereocenters. The predicted molar refractivity (Wildman–Crippen MR) is 138 cm³/mol. The third kappa shape index (κ3) is 5.17. The number of fused-ring (bicyclic) bond motifs is 1. The predicted octanol–water partition coefficient (Wildman–Crippen LogP) is 6.41. The van der Waals surface area contributed by atoms with E-state index in [2.05, 4.69) is 10.3 Å². The largest absolute Gasteiger partial charge is 0.508 e. The second-order valence-electron chi connectivity index (χ2n) is 8.49. The number of nitrogens with one attached hydrogen (secondary N) is 1.